The van der Waals surface area contributed by atoms with Crippen molar-refractivity contribution in [3.8, 4) is 11.3 Å². The standard InChI is InChI=1S/C21H17F4N3O3/c1-26-21(30)20(11-2-5-14(23)16(25)8-11)28-18(29)6-7-19-27-10-17(31-19)13-4-3-12(22)9-15(13)24/h2-5,8-10,20H,6-7H2,1H3,(H,26,30)(H,28,29). The molecule has 3 rings (SSSR count). The van der Waals surface area contributed by atoms with Crippen LogP contribution in [0.4, 0.5) is 17.6 Å². The van der Waals surface area contributed by atoms with E-state index in [4.69, 9.17) is 4.42 Å². The number of carbonyl (C=O) groups is 2. The third-order valence-corrected chi connectivity index (χ3v) is 4.41. The zero-order chi connectivity index (χ0) is 22.5. The fourth-order valence-corrected chi connectivity index (χ4v) is 2.83. The predicted molar refractivity (Wildman–Crippen MR) is 101 cm³/mol. The van der Waals surface area contributed by atoms with Crippen molar-refractivity contribution >= 4 is 11.8 Å². The summed E-state index contributed by atoms with van der Waals surface area (Å²) < 4.78 is 59.0. The number of aromatic nitrogens is 1. The number of carbonyl (C=O) groups excluding carboxylic acids is 2. The second kappa shape index (κ2) is 9.41. The quantitative estimate of drug-likeness (QED) is 0.557. The van der Waals surface area contributed by atoms with E-state index in [9.17, 15) is 27.2 Å². The van der Waals surface area contributed by atoms with Crippen molar-refractivity contribution in [3.05, 3.63) is 77.3 Å². The Hall–Kier alpha value is -3.69. The molecule has 162 valence electrons. The molecule has 0 aliphatic carbocycles. The van der Waals surface area contributed by atoms with Crippen molar-refractivity contribution in [2.75, 3.05) is 7.05 Å². The third-order valence-electron chi connectivity index (χ3n) is 4.41. The molecule has 0 spiro atoms. The Labute approximate surface area is 174 Å². The number of oxazole rings is 1. The van der Waals surface area contributed by atoms with Gasteiger partial charge in [0.25, 0.3) is 0 Å². The van der Waals surface area contributed by atoms with Crippen LogP contribution in [0.25, 0.3) is 11.3 Å². The van der Waals surface area contributed by atoms with Crippen molar-refractivity contribution in [1.82, 2.24) is 15.6 Å². The number of benzene rings is 2. The van der Waals surface area contributed by atoms with Crippen LogP contribution in [0.15, 0.2) is 47.0 Å². The van der Waals surface area contributed by atoms with Crippen molar-refractivity contribution in [1.29, 1.82) is 0 Å². The first-order valence-electron chi connectivity index (χ1n) is 9.14. The van der Waals surface area contributed by atoms with Crippen LogP contribution in [-0.4, -0.2) is 23.8 Å². The second-order valence-corrected chi connectivity index (χ2v) is 6.53. The molecule has 0 aliphatic heterocycles. The van der Waals surface area contributed by atoms with E-state index < -0.39 is 41.1 Å². The summed E-state index contributed by atoms with van der Waals surface area (Å²) in [4.78, 5) is 28.4. The van der Waals surface area contributed by atoms with Crippen LogP contribution in [-0.2, 0) is 16.0 Å². The molecule has 31 heavy (non-hydrogen) atoms. The van der Waals surface area contributed by atoms with Gasteiger partial charge in [0.1, 0.15) is 17.7 Å². The Bertz CT molecular complexity index is 1120. The molecular weight excluding hydrogens is 418 g/mol. The average molecular weight is 435 g/mol. The van der Waals surface area contributed by atoms with Gasteiger partial charge < -0.3 is 15.1 Å². The van der Waals surface area contributed by atoms with Crippen LogP contribution in [0.3, 0.4) is 0 Å². The maximum absolute atomic E-state index is 13.8. The van der Waals surface area contributed by atoms with Gasteiger partial charge in [0.15, 0.2) is 23.3 Å². The maximum atomic E-state index is 13.8. The van der Waals surface area contributed by atoms with Crippen molar-refractivity contribution in [2.45, 2.75) is 18.9 Å². The molecule has 2 N–H and O–H groups in total. The van der Waals surface area contributed by atoms with Gasteiger partial charge in [0, 0.05) is 26.0 Å². The summed E-state index contributed by atoms with van der Waals surface area (Å²) in [6.07, 6.45) is 1.12. The Kier molecular flexibility index (Phi) is 6.68. The number of amides is 2. The molecular formula is C21H17F4N3O3. The minimum Gasteiger partial charge on any atom is -0.441 e. The zero-order valence-electron chi connectivity index (χ0n) is 16.2. The topological polar surface area (TPSA) is 84.2 Å². The highest BCUT2D eigenvalue weighted by molar-refractivity contribution is 5.88. The van der Waals surface area contributed by atoms with Crippen LogP contribution in [0.2, 0.25) is 0 Å². The predicted octanol–water partition coefficient (Wildman–Crippen LogP) is 3.43. The minimum absolute atomic E-state index is 0.0163. The molecule has 1 heterocycles. The fourth-order valence-electron chi connectivity index (χ4n) is 2.83. The first kappa shape index (κ1) is 22.0. The van der Waals surface area contributed by atoms with Crippen molar-refractivity contribution < 1.29 is 31.6 Å². The van der Waals surface area contributed by atoms with Crippen LogP contribution in [0, 0.1) is 23.3 Å². The van der Waals surface area contributed by atoms with Gasteiger partial charge in [-0.15, -0.1) is 0 Å². The normalized spacial score (nSPS) is 11.8. The first-order chi connectivity index (χ1) is 14.8. The Morgan fingerprint density at radius 3 is 2.48 bits per heavy atom. The van der Waals surface area contributed by atoms with Gasteiger partial charge in [-0.05, 0) is 29.8 Å². The third kappa shape index (κ3) is 5.27. The number of hydrogen-bond acceptors (Lipinski definition) is 4. The molecule has 2 amide bonds. The van der Waals surface area contributed by atoms with Crippen LogP contribution < -0.4 is 10.6 Å². The average Bonchev–Trinajstić information content (AvgIpc) is 3.20. The SMILES string of the molecule is CNC(=O)C(NC(=O)CCc1ncc(-c2ccc(F)cc2F)o1)c1ccc(F)c(F)c1. The second-order valence-electron chi connectivity index (χ2n) is 6.53. The van der Waals surface area contributed by atoms with Gasteiger partial charge in [0.05, 0.1) is 11.8 Å². The lowest BCUT2D eigenvalue weighted by Crippen LogP contribution is -2.39. The monoisotopic (exact) mass is 435 g/mol. The Morgan fingerprint density at radius 2 is 1.81 bits per heavy atom. The first-order valence-corrected chi connectivity index (χ1v) is 9.14. The summed E-state index contributed by atoms with van der Waals surface area (Å²) in [6, 6.07) is 4.63. The summed E-state index contributed by atoms with van der Waals surface area (Å²) in [5.41, 5.74) is 0.0828. The van der Waals surface area contributed by atoms with Gasteiger partial charge >= 0.3 is 0 Å². The molecule has 0 bridgehead atoms. The Morgan fingerprint density at radius 1 is 1.03 bits per heavy atom. The molecule has 0 aliphatic rings. The highest BCUT2D eigenvalue weighted by Crippen LogP contribution is 2.24. The van der Waals surface area contributed by atoms with Gasteiger partial charge in [-0.3, -0.25) is 9.59 Å². The summed E-state index contributed by atoms with van der Waals surface area (Å²) in [6.45, 7) is 0. The van der Waals surface area contributed by atoms with Crippen molar-refractivity contribution in [2.24, 2.45) is 0 Å². The van der Waals surface area contributed by atoms with E-state index in [-0.39, 0.29) is 35.6 Å². The molecule has 1 unspecified atom stereocenters. The number of nitrogens with one attached hydrogen (secondary N) is 2. The molecule has 0 fully saturated rings. The maximum Gasteiger partial charge on any atom is 0.246 e. The number of halogens is 4. The van der Waals surface area contributed by atoms with Crippen LogP contribution in [0.5, 0.6) is 0 Å². The number of likely N-dealkylation sites (N-methyl/N-ethyl adjacent to an activating group) is 1. The summed E-state index contributed by atoms with van der Waals surface area (Å²) >= 11 is 0. The number of rotatable bonds is 7. The van der Waals surface area contributed by atoms with Gasteiger partial charge in [0.2, 0.25) is 11.8 Å². The molecule has 3 aromatic rings. The summed E-state index contributed by atoms with van der Waals surface area (Å²) in [7, 11) is 1.34. The van der Waals surface area contributed by atoms with Gasteiger partial charge in [-0.1, -0.05) is 6.07 Å². The lowest BCUT2D eigenvalue weighted by Gasteiger charge is -2.17. The van der Waals surface area contributed by atoms with E-state index >= 15 is 0 Å². The van der Waals surface area contributed by atoms with E-state index in [0.29, 0.717) is 6.07 Å². The lowest BCUT2D eigenvalue weighted by atomic mass is 10.1. The lowest BCUT2D eigenvalue weighted by molar-refractivity contribution is -0.128. The number of nitrogens with zero attached hydrogens (tertiary/aromatic N) is 1. The fraction of sp³-hybridized carbons (Fsp3) is 0.190. The summed E-state index contributed by atoms with van der Waals surface area (Å²) in [5.74, 6) is -4.79. The highest BCUT2D eigenvalue weighted by atomic mass is 19.2. The largest absolute Gasteiger partial charge is 0.441 e. The van der Waals surface area contributed by atoms with E-state index in [0.717, 1.165) is 18.2 Å². The van der Waals surface area contributed by atoms with Crippen LogP contribution >= 0.6 is 0 Å². The van der Waals surface area contributed by atoms with Crippen LogP contribution in [0.1, 0.15) is 23.9 Å². The molecule has 10 heteroatoms. The molecule has 6 nitrogen and oxygen atoms in total. The summed E-state index contributed by atoms with van der Waals surface area (Å²) in [5, 5.41) is 4.79. The molecule has 0 saturated carbocycles. The van der Waals surface area contributed by atoms with Crippen molar-refractivity contribution in [3.63, 3.8) is 0 Å². The van der Waals surface area contributed by atoms with E-state index in [1.165, 1.54) is 25.4 Å². The van der Waals surface area contributed by atoms with E-state index in [1.54, 1.807) is 0 Å². The minimum atomic E-state index is -1.24. The molecule has 1 aromatic heterocycles. The molecule has 0 saturated heterocycles. The number of hydrogen-bond donors (Lipinski definition) is 2. The van der Waals surface area contributed by atoms with E-state index in [2.05, 4.69) is 15.6 Å². The highest BCUT2D eigenvalue weighted by Gasteiger charge is 2.23. The van der Waals surface area contributed by atoms with Gasteiger partial charge in [-0.25, -0.2) is 22.5 Å². The number of aryl methyl sites for hydroxylation is 1. The van der Waals surface area contributed by atoms with E-state index in [1.807, 2.05) is 0 Å². The molecule has 1 atom stereocenters. The molecule has 0 radical (unpaired) electrons. The van der Waals surface area contributed by atoms with Gasteiger partial charge in [-0.2, -0.15) is 0 Å². The Balaban J connectivity index is 1.66. The zero-order valence-corrected chi connectivity index (χ0v) is 16.2. The molecule has 2 aromatic carbocycles. The smallest absolute Gasteiger partial charge is 0.246 e.